The molecule has 2 bridgehead atoms. The van der Waals surface area contributed by atoms with Crippen LogP contribution in [0.25, 0.3) is 5.57 Å². The minimum absolute atomic E-state index is 0.582. The van der Waals surface area contributed by atoms with Gasteiger partial charge in [-0.15, -0.1) is 0 Å². The Morgan fingerprint density at radius 3 is 2.67 bits per heavy atom. The first-order valence-electron chi connectivity index (χ1n) is 5.76. The lowest BCUT2D eigenvalue weighted by atomic mass is 9.86. The first-order chi connectivity index (χ1) is 7.34. The van der Waals surface area contributed by atoms with Gasteiger partial charge in [0.1, 0.15) is 0 Å². The summed E-state index contributed by atoms with van der Waals surface area (Å²) in [4.78, 5) is 0.582. The van der Waals surface area contributed by atoms with Crippen molar-refractivity contribution in [1.82, 2.24) is 0 Å². The standard InChI is InChI=1S/C14H15Br/c15-14-12-7-6-10(8-12)9-13(14)11-4-2-1-3-5-11/h1-5,9-10,12,14H,6-8H2/t10-,12-,14+/m0/s1. The van der Waals surface area contributed by atoms with Crippen LogP contribution in [0, 0.1) is 11.8 Å². The summed E-state index contributed by atoms with van der Waals surface area (Å²) in [6.45, 7) is 0. The van der Waals surface area contributed by atoms with Crippen molar-refractivity contribution in [2.45, 2.75) is 24.1 Å². The van der Waals surface area contributed by atoms with Crippen molar-refractivity contribution >= 4 is 21.5 Å². The molecule has 1 saturated carbocycles. The predicted molar refractivity (Wildman–Crippen MR) is 68.0 cm³/mol. The predicted octanol–water partition coefficient (Wildman–Crippen LogP) is 4.26. The number of hydrogen-bond acceptors (Lipinski definition) is 0. The Hall–Kier alpha value is -0.560. The molecule has 3 atom stereocenters. The molecule has 0 aromatic heterocycles. The molecular formula is C14H15Br. The van der Waals surface area contributed by atoms with Gasteiger partial charge in [-0.25, -0.2) is 0 Å². The minimum atomic E-state index is 0.582. The van der Waals surface area contributed by atoms with Gasteiger partial charge in [0.15, 0.2) is 0 Å². The molecule has 0 unspecified atom stereocenters. The van der Waals surface area contributed by atoms with E-state index in [1.165, 1.54) is 30.4 Å². The fourth-order valence-corrected chi connectivity index (χ4v) is 3.85. The van der Waals surface area contributed by atoms with Crippen LogP contribution in [-0.4, -0.2) is 4.83 Å². The Morgan fingerprint density at radius 2 is 1.87 bits per heavy atom. The average Bonchev–Trinajstić information content (AvgIpc) is 2.69. The topological polar surface area (TPSA) is 0 Å². The van der Waals surface area contributed by atoms with Crippen LogP contribution in [0.15, 0.2) is 36.4 Å². The van der Waals surface area contributed by atoms with E-state index in [0.717, 1.165) is 11.8 Å². The molecule has 0 radical (unpaired) electrons. The van der Waals surface area contributed by atoms with Crippen LogP contribution in [0.3, 0.4) is 0 Å². The van der Waals surface area contributed by atoms with Crippen LogP contribution in [0.5, 0.6) is 0 Å². The fraction of sp³-hybridized carbons (Fsp3) is 0.429. The van der Waals surface area contributed by atoms with Crippen LogP contribution in [0.1, 0.15) is 24.8 Å². The second-order valence-electron chi connectivity index (χ2n) is 4.72. The highest BCUT2D eigenvalue weighted by Crippen LogP contribution is 2.47. The molecule has 1 aromatic carbocycles. The molecule has 0 amide bonds. The highest BCUT2D eigenvalue weighted by atomic mass is 79.9. The van der Waals surface area contributed by atoms with Gasteiger partial charge in [0.05, 0.1) is 0 Å². The molecule has 0 aliphatic heterocycles. The van der Waals surface area contributed by atoms with E-state index in [0.29, 0.717) is 4.83 Å². The van der Waals surface area contributed by atoms with E-state index in [4.69, 9.17) is 0 Å². The first-order valence-corrected chi connectivity index (χ1v) is 6.67. The van der Waals surface area contributed by atoms with Crippen molar-refractivity contribution in [2.75, 3.05) is 0 Å². The van der Waals surface area contributed by atoms with Crippen molar-refractivity contribution in [3.05, 3.63) is 42.0 Å². The minimum Gasteiger partial charge on any atom is -0.0836 e. The van der Waals surface area contributed by atoms with Crippen LogP contribution in [-0.2, 0) is 0 Å². The molecule has 1 fully saturated rings. The van der Waals surface area contributed by atoms with Gasteiger partial charge in [-0.05, 0) is 42.2 Å². The number of alkyl halides is 1. The number of fused-ring (bicyclic) bond motifs is 2. The van der Waals surface area contributed by atoms with Crippen molar-refractivity contribution in [3.63, 3.8) is 0 Å². The Labute approximate surface area is 99.5 Å². The Bertz CT molecular complexity index is 380. The highest BCUT2D eigenvalue weighted by Gasteiger charge is 2.35. The summed E-state index contributed by atoms with van der Waals surface area (Å²) >= 11 is 3.88. The molecule has 78 valence electrons. The molecule has 2 aliphatic carbocycles. The summed E-state index contributed by atoms with van der Waals surface area (Å²) in [5, 5.41) is 0. The maximum absolute atomic E-state index is 3.88. The Morgan fingerprint density at radius 1 is 1.07 bits per heavy atom. The summed E-state index contributed by atoms with van der Waals surface area (Å²) in [6, 6.07) is 10.8. The van der Waals surface area contributed by atoms with Gasteiger partial charge < -0.3 is 0 Å². The third-order valence-electron chi connectivity index (χ3n) is 3.75. The van der Waals surface area contributed by atoms with Gasteiger partial charge in [-0.1, -0.05) is 52.3 Å². The monoisotopic (exact) mass is 262 g/mol. The molecule has 0 nitrogen and oxygen atoms in total. The van der Waals surface area contributed by atoms with Crippen molar-refractivity contribution in [2.24, 2.45) is 11.8 Å². The Kier molecular flexibility index (Phi) is 2.44. The summed E-state index contributed by atoms with van der Waals surface area (Å²) in [5.74, 6) is 1.72. The number of hydrogen-bond donors (Lipinski definition) is 0. The number of rotatable bonds is 1. The molecule has 0 spiro atoms. The van der Waals surface area contributed by atoms with Crippen molar-refractivity contribution in [1.29, 1.82) is 0 Å². The number of benzene rings is 1. The molecule has 3 rings (SSSR count). The largest absolute Gasteiger partial charge is 0.0836 e. The second kappa shape index (κ2) is 3.79. The van der Waals surface area contributed by atoms with Gasteiger partial charge in [0.25, 0.3) is 0 Å². The van der Waals surface area contributed by atoms with E-state index >= 15 is 0 Å². The first kappa shape index (κ1) is 9.65. The van der Waals surface area contributed by atoms with Crippen LogP contribution in [0.2, 0.25) is 0 Å². The van der Waals surface area contributed by atoms with Crippen LogP contribution in [0.4, 0.5) is 0 Å². The maximum atomic E-state index is 3.88. The molecular weight excluding hydrogens is 248 g/mol. The summed E-state index contributed by atoms with van der Waals surface area (Å²) in [7, 11) is 0. The normalized spacial score (nSPS) is 33.9. The van der Waals surface area contributed by atoms with Gasteiger partial charge in [0, 0.05) is 4.83 Å². The zero-order valence-corrected chi connectivity index (χ0v) is 10.3. The number of halogens is 1. The van der Waals surface area contributed by atoms with E-state index in [9.17, 15) is 0 Å². The SMILES string of the molecule is Br[C@H]1C(c2ccccc2)=C[C@H]2CC[C@H]1C2. The van der Waals surface area contributed by atoms with Gasteiger partial charge in [-0.2, -0.15) is 0 Å². The van der Waals surface area contributed by atoms with E-state index in [1.807, 2.05) is 0 Å². The van der Waals surface area contributed by atoms with Crippen molar-refractivity contribution in [3.8, 4) is 0 Å². The quantitative estimate of drug-likeness (QED) is 0.664. The van der Waals surface area contributed by atoms with Gasteiger partial charge in [-0.3, -0.25) is 0 Å². The fourth-order valence-electron chi connectivity index (χ4n) is 2.96. The molecule has 1 aromatic rings. The lowest BCUT2D eigenvalue weighted by molar-refractivity contribution is 0.544. The van der Waals surface area contributed by atoms with E-state index in [2.05, 4.69) is 52.3 Å². The maximum Gasteiger partial charge on any atom is 0.0426 e. The average molecular weight is 263 g/mol. The third-order valence-corrected chi connectivity index (χ3v) is 4.99. The summed E-state index contributed by atoms with van der Waals surface area (Å²) in [5.41, 5.74) is 2.92. The van der Waals surface area contributed by atoms with Crippen LogP contribution >= 0.6 is 15.9 Å². The van der Waals surface area contributed by atoms with Gasteiger partial charge in [0.2, 0.25) is 0 Å². The summed E-state index contributed by atoms with van der Waals surface area (Å²) < 4.78 is 0. The molecule has 2 aliphatic rings. The van der Waals surface area contributed by atoms with Crippen molar-refractivity contribution < 1.29 is 0 Å². The second-order valence-corrected chi connectivity index (χ2v) is 5.71. The molecule has 0 N–H and O–H groups in total. The zero-order chi connectivity index (χ0) is 10.3. The molecule has 1 heteroatoms. The number of allylic oxidation sites excluding steroid dienone is 2. The Balaban J connectivity index is 1.99. The molecule has 0 heterocycles. The smallest absolute Gasteiger partial charge is 0.0426 e. The van der Waals surface area contributed by atoms with E-state index in [-0.39, 0.29) is 0 Å². The van der Waals surface area contributed by atoms with E-state index < -0.39 is 0 Å². The molecule has 15 heavy (non-hydrogen) atoms. The molecule has 0 saturated heterocycles. The summed E-state index contributed by atoms with van der Waals surface area (Å²) in [6.07, 6.45) is 6.68. The third kappa shape index (κ3) is 1.67. The zero-order valence-electron chi connectivity index (χ0n) is 8.70. The lowest BCUT2D eigenvalue weighted by Crippen LogP contribution is -2.17. The van der Waals surface area contributed by atoms with E-state index in [1.54, 1.807) is 0 Å². The highest BCUT2D eigenvalue weighted by molar-refractivity contribution is 9.09. The lowest BCUT2D eigenvalue weighted by Gasteiger charge is -2.25. The van der Waals surface area contributed by atoms with Crippen LogP contribution < -0.4 is 0 Å². The van der Waals surface area contributed by atoms with Gasteiger partial charge >= 0.3 is 0 Å².